The molecule has 42 heavy (non-hydrogen) atoms. The zero-order chi connectivity index (χ0) is 30.1. The van der Waals surface area contributed by atoms with Crippen molar-refractivity contribution in [2.75, 3.05) is 0 Å². The number of hydrogen-bond acceptors (Lipinski definition) is 4. The summed E-state index contributed by atoms with van der Waals surface area (Å²) in [6.45, 7) is 18.7. The molecule has 0 saturated carbocycles. The number of aromatic nitrogens is 1. The smallest absolute Gasteiger partial charge is 0.0889 e. The summed E-state index contributed by atoms with van der Waals surface area (Å²) in [7, 11) is 0. The fourth-order valence-corrected chi connectivity index (χ4v) is 7.25. The van der Waals surface area contributed by atoms with Crippen LogP contribution in [0, 0.1) is 0 Å². The molecule has 1 aromatic heterocycles. The molecule has 5 rings (SSSR count). The summed E-state index contributed by atoms with van der Waals surface area (Å²) in [5.41, 5.74) is 15.4. The number of rotatable bonds is 8. The second kappa shape index (κ2) is 12.2. The van der Waals surface area contributed by atoms with Crippen LogP contribution in [-0.2, 0) is 19.4 Å². The first-order valence-electron chi connectivity index (χ1n) is 16.1. The van der Waals surface area contributed by atoms with Crippen LogP contribution in [0.25, 0.3) is 11.1 Å². The lowest BCUT2D eigenvalue weighted by atomic mass is 9.92. The van der Waals surface area contributed by atoms with Crippen LogP contribution in [0.2, 0.25) is 0 Å². The first-order valence-corrected chi connectivity index (χ1v) is 16.1. The van der Waals surface area contributed by atoms with E-state index >= 15 is 0 Å². The lowest BCUT2D eigenvalue weighted by Gasteiger charge is -2.12. The molecule has 0 spiro atoms. The minimum absolute atomic E-state index is 0.767. The average Bonchev–Trinajstić information content (AvgIpc) is 3.80. The van der Waals surface area contributed by atoms with E-state index in [0.717, 1.165) is 108 Å². The van der Waals surface area contributed by atoms with Gasteiger partial charge in [-0.2, -0.15) is 0 Å². The minimum Gasteiger partial charge on any atom is -0.515 e. The number of aliphatic imine (C=N–C) groups is 3. The molecule has 0 radical (unpaired) electrons. The molecule has 1 N–H and O–H groups in total. The van der Waals surface area contributed by atoms with Crippen molar-refractivity contribution in [2.24, 2.45) is 15.0 Å². The average molecular weight is 563 g/mol. The van der Waals surface area contributed by atoms with Crippen LogP contribution in [-0.4, -0.2) is 26.8 Å². The van der Waals surface area contributed by atoms with Crippen LogP contribution in [0.15, 0.2) is 84.9 Å². The van der Waals surface area contributed by atoms with Gasteiger partial charge in [-0.1, -0.05) is 48.5 Å². The quantitative estimate of drug-likeness (QED) is 0.325. The molecule has 5 nitrogen and oxygen atoms in total. The van der Waals surface area contributed by atoms with Gasteiger partial charge in [-0.15, -0.1) is 0 Å². The van der Waals surface area contributed by atoms with E-state index in [1.807, 2.05) is 0 Å². The van der Waals surface area contributed by atoms with Gasteiger partial charge in [-0.25, -0.2) is 15.0 Å². The lowest BCUT2D eigenvalue weighted by molar-refractivity contribution is 0.470. The highest BCUT2D eigenvalue weighted by Crippen LogP contribution is 2.38. The zero-order valence-corrected chi connectivity index (χ0v) is 26.8. The normalized spacial score (nSPS) is 19.2. The van der Waals surface area contributed by atoms with Crippen LogP contribution < -0.4 is 10.7 Å². The molecular formula is C37H46N4O. The van der Waals surface area contributed by atoms with Gasteiger partial charge in [0.25, 0.3) is 0 Å². The van der Waals surface area contributed by atoms with Crippen LogP contribution in [0.5, 0.6) is 0 Å². The van der Waals surface area contributed by atoms with Crippen molar-refractivity contribution in [1.29, 1.82) is 0 Å². The molecule has 0 amide bonds. The Labute approximate surface area is 251 Å². The van der Waals surface area contributed by atoms with Crippen molar-refractivity contribution in [3.63, 3.8) is 0 Å². The van der Waals surface area contributed by atoms with E-state index < -0.39 is 0 Å². The van der Waals surface area contributed by atoms with E-state index in [1.54, 1.807) is 0 Å². The van der Waals surface area contributed by atoms with Gasteiger partial charge >= 0.3 is 0 Å². The Morgan fingerprint density at radius 2 is 1.07 bits per heavy atom. The molecule has 5 heterocycles. The van der Waals surface area contributed by atoms with Gasteiger partial charge in [-0.3, -0.25) is 0 Å². The van der Waals surface area contributed by atoms with Crippen molar-refractivity contribution < 1.29 is 5.11 Å². The number of aliphatic hydroxyl groups is 1. The summed E-state index contributed by atoms with van der Waals surface area (Å²) in [5, 5.41) is 13.3. The fourth-order valence-electron chi connectivity index (χ4n) is 7.25. The SMILES string of the molecule is CCC1=C2C=CC(=N2)C(CC)=c2c(CC)c(CC)c(n2CC)=C(CC)C2=C(CC)C(=CO)C(=N2)C(CC)=C2C=CC1=N2. The summed E-state index contributed by atoms with van der Waals surface area (Å²) in [5.74, 6) is 0. The molecule has 0 aromatic carbocycles. The second-order valence-corrected chi connectivity index (χ2v) is 11.0. The summed E-state index contributed by atoms with van der Waals surface area (Å²) in [6, 6.07) is 0. The number of hydrogen-bond donors (Lipinski definition) is 1. The Balaban J connectivity index is 2.08. The molecule has 0 fully saturated rings. The largest absolute Gasteiger partial charge is 0.515 e. The maximum Gasteiger partial charge on any atom is 0.0889 e. The first kappa shape index (κ1) is 29.8. The van der Waals surface area contributed by atoms with Crippen LogP contribution in [0.3, 0.4) is 0 Å². The summed E-state index contributed by atoms with van der Waals surface area (Å²) in [4.78, 5) is 15.8. The van der Waals surface area contributed by atoms with Gasteiger partial charge in [0.05, 0.1) is 51.2 Å². The zero-order valence-electron chi connectivity index (χ0n) is 26.8. The van der Waals surface area contributed by atoms with Crippen molar-refractivity contribution in [3.05, 3.63) is 91.8 Å². The maximum atomic E-state index is 10.7. The van der Waals surface area contributed by atoms with Gasteiger partial charge in [-0.05, 0) is 92.9 Å². The number of fused-ring (bicyclic) bond motifs is 5. The monoisotopic (exact) mass is 562 g/mol. The van der Waals surface area contributed by atoms with Crippen molar-refractivity contribution >= 4 is 28.3 Å². The fraction of sp³-hybridized carbons (Fsp3) is 0.432. The lowest BCUT2D eigenvalue weighted by Crippen LogP contribution is -2.32. The topological polar surface area (TPSA) is 62.2 Å². The van der Waals surface area contributed by atoms with Gasteiger partial charge in [0, 0.05) is 34.4 Å². The highest BCUT2D eigenvalue weighted by atomic mass is 16.2. The molecular weight excluding hydrogens is 516 g/mol. The molecule has 0 saturated heterocycles. The second-order valence-electron chi connectivity index (χ2n) is 11.0. The molecule has 220 valence electrons. The number of nitrogens with zero attached hydrogens (tertiary/aromatic N) is 4. The Hall–Kier alpha value is -3.73. The summed E-state index contributed by atoms with van der Waals surface area (Å²) in [6.07, 6.45) is 15.9. The van der Waals surface area contributed by atoms with E-state index in [4.69, 9.17) is 15.0 Å². The van der Waals surface area contributed by atoms with E-state index in [1.165, 1.54) is 39.2 Å². The summed E-state index contributed by atoms with van der Waals surface area (Å²) >= 11 is 0. The van der Waals surface area contributed by atoms with Crippen molar-refractivity contribution in [3.8, 4) is 0 Å². The Kier molecular flexibility index (Phi) is 8.68. The van der Waals surface area contributed by atoms with E-state index in [-0.39, 0.29) is 0 Å². The predicted octanol–water partition coefficient (Wildman–Crippen LogP) is 7.68. The molecule has 1 aromatic rings. The van der Waals surface area contributed by atoms with Crippen LogP contribution in [0.4, 0.5) is 0 Å². The maximum absolute atomic E-state index is 10.7. The van der Waals surface area contributed by atoms with Gasteiger partial charge < -0.3 is 9.67 Å². The first-order chi connectivity index (χ1) is 20.5. The molecule has 0 unspecified atom stereocenters. The third kappa shape index (κ3) is 4.49. The Morgan fingerprint density at radius 3 is 1.55 bits per heavy atom. The van der Waals surface area contributed by atoms with Crippen LogP contribution in [0.1, 0.15) is 98.6 Å². The Morgan fingerprint density at radius 1 is 0.571 bits per heavy atom. The molecule has 4 aliphatic heterocycles. The third-order valence-corrected chi connectivity index (χ3v) is 9.15. The van der Waals surface area contributed by atoms with Crippen molar-refractivity contribution in [2.45, 2.75) is 107 Å². The van der Waals surface area contributed by atoms with E-state index in [9.17, 15) is 5.11 Å². The number of aliphatic hydroxyl groups excluding tert-OH is 1. The standard InChI is InChI=1S/C37H46N4O/c1-9-22-29(21-42)35-26(13-5)32-19-17-30(38-32)25(12-4)31-18-20-33(39-31)27(14-6)36-23(10-2)24(11-3)37(41(36)16-8)28(15-7)34(22)40-35/h17-21,42H,9-16H2,1-8H3. The predicted molar refractivity (Wildman–Crippen MR) is 179 cm³/mol. The Bertz CT molecular complexity index is 1740. The van der Waals surface area contributed by atoms with Gasteiger partial charge in [0.1, 0.15) is 0 Å². The van der Waals surface area contributed by atoms with E-state index in [2.05, 4.69) is 84.3 Å². The van der Waals surface area contributed by atoms with Gasteiger partial charge in [0.2, 0.25) is 0 Å². The summed E-state index contributed by atoms with van der Waals surface area (Å²) < 4.78 is 2.55. The highest BCUT2D eigenvalue weighted by Gasteiger charge is 2.30. The molecule has 0 aliphatic carbocycles. The molecule has 4 aliphatic rings. The van der Waals surface area contributed by atoms with Crippen molar-refractivity contribution in [1.82, 2.24) is 4.57 Å². The van der Waals surface area contributed by atoms with Crippen LogP contribution >= 0.6 is 0 Å². The highest BCUT2D eigenvalue weighted by molar-refractivity contribution is 6.27. The molecule has 0 atom stereocenters. The van der Waals surface area contributed by atoms with E-state index in [0.29, 0.717) is 0 Å². The minimum atomic E-state index is 0.767. The third-order valence-electron chi connectivity index (χ3n) is 9.15. The molecule has 8 bridgehead atoms. The van der Waals surface area contributed by atoms with Gasteiger partial charge in [0.15, 0.2) is 0 Å². The molecule has 5 heteroatoms. The number of allylic oxidation sites excluding steroid dienone is 9.